The molecule has 1 heterocycles. The van der Waals surface area contributed by atoms with Crippen LogP contribution in [0.4, 0.5) is 5.82 Å². The van der Waals surface area contributed by atoms with E-state index in [0.717, 1.165) is 0 Å². The van der Waals surface area contributed by atoms with Crippen LogP contribution in [0.2, 0.25) is 0 Å². The van der Waals surface area contributed by atoms with Gasteiger partial charge in [-0.05, 0) is 0 Å². The maximum absolute atomic E-state index is 10.8. The third-order valence-electron chi connectivity index (χ3n) is 1.35. The van der Waals surface area contributed by atoms with Crippen LogP contribution in [0.1, 0.15) is 11.3 Å². The fourth-order valence-electron chi connectivity index (χ4n) is 0.794. The van der Waals surface area contributed by atoms with Crippen LogP contribution in [0, 0.1) is 22.7 Å². The van der Waals surface area contributed by atoms with Crippen molar-refractivity contribution in [2.45, 2.75) is 0 Å². The lowest BCUT2D eigenvalue weighted by atomic mass is 10.3. The Labute approximate surface area is 79.1 Å². The molecule has 0 aliphatic carbocycles. The van der Waals surface area contributed by atoms with Crippen LogP contribution in [0.5, 0.6) is 0 Å². The Morgan fingerprint density at radius 2 is 1.93 bits per heavy atom. The summed E-state index contributed by atoms with van der Waals surface area (Å²) in [6, 6.07) is 3.08. The SMILES string of the molecule is N#Cc1nn(S(N)(=O)=O)c(N)c1C#N. The summed E-state index contributed by atoms with van der Waals surface area (Å²) >= 11 is 0. The minimum absolute atomic E-state index is 0.240. The van der Waals surface area contributed by atoms with E-state index < -0.39 is 16.0 Å². The number of rotatable bonds is 1. The smallest absolute Gasteiger partial charge is 0.319 e. The van der Waals surface area contributed by atoms with Gasteiger partial charge in [0.2, 0.25) is 0 Å². The first-order valence-electron chi connectivity index (χ1n) is 3.13. The molecule has 0 bridgehead atoms. The van der Waals surface area contributed by atoms with Crippen molar-refractivity contribution in [1.29, 1.82) is 10.5 Å². The Bertz CT molecular complexity index is 556. The minimum atomic E-state index is -4.18. The Balaban J connectivity index is 3.64. The Kier molecular flexibility index (Phi) is 2.13. The fraction of sp³-hybridized carbons (Fsp3) is 0. The van der Waals surface area contributed by atoms with Crippen LogP contribution >= 0.6 is 0 Å². The Morgan fingerprint density at radius 1 is 1.36 bits per heavy atom. The van der Waals surface area contributed by atoms with E-state index in [1.807, 2.05) is 0 Å². The lowest BCUT2D eigenvalue weighted by Gasteiger charge is -1.97. The second-order valence-electron chi connectivity index (χ2n) is 2.22. The standard InChI is InChI=1S/C5H4N6O2S/c6-1-3-4(2-7)10-11(5(3)8)14(9,12)13/h8H2,(H2,9,12,13). The van der Waals surface area contributed by atoms with Gasteiger partial charge in [0, 0.05) is 0 Å². The highest BCUT2D eigenvalue weighted by Crippen LogP contribution is 2.15. The first-order valence-corrected chi connectivity index (χ1v) is 4.64. The van der Waals surface area contributed by atoms with E-state index in [4.69, 9.17) is 21.4 Å². The van der Waals surface area contributed by atoms with Crippen molar-refractivity contribution in [3.05, 3.63) is 11.3 Å². The van der Waals surface area contributed by atoms with Gasteiger partial charge in [0.1, 0.15) is 17.7 Å². The maximum Gasteiger partial charge on any atom is 0.319 e. The molecule has 4 N–H and O–H groups in total. The molecule has 1 aromatic rings. The zero-order valence-corrected chi connectivity index (χ0v) is 7.48. The molecule has 1 aromatic heterocycles. The predicted octanol–water partition coefficient (Wildman–Crippen LogP) is -1.74. The molecule has 0 radical (unpaired) electrons. The molecule has 0 aliphatic heterocycles. The normalized spacial score (nSPS) is 10.5. The maximum atomic E-state index is 10.8. The lowest BCUT2D eigenvalue weighted by molar-refractivity contribution is 0.582. The molecule has 0 spiro atoms. The molecule has 0 saturated carbocycles. The van der Waals surface area contributed by atoms with Crippen molar-refractivity contribution in [3.63, 3.8) is 0 Å². The van der Waals surface area contributed by atoms with Crippen LogP contribution < -0.4 is 10.9 Å². The highest BCUT2D eigenvalue weighted by atomic mass is 32.2. The molecule has 0 aromatic carbocycles. The largest absolute Gasteiger partial charge is 0.382 e. The van der Waals surface area contributed by atoms with Crippen LogP contribution in [0.15, 0.2) is 0 Å². The van der Waals surface area contributed by atoms with Crippen molar-refractivity contribution in [1.82, 2.24) is 9.19 Å². The van der Waals surface area contributed by atoms with Crippen molar-refractivity contribution < 1.29 is 8.42 Å². The summed E-state index contributed by atoms with van der Waals surface area (Å²) in [5.41, 5.74) is 4.56. The fourth-order valence-corrected chi connectivity index (χ4v) is 1.36. The third-order valence-corrected chi connectivity index (χ3v) is 2.11. The van der Waals surface area contributed by atoms with E-state index in [0.29, 0.717) is 0 Å². The molecule has 72 valence electrons. The van der Waals surface area contributed by atoms with E-state index in [9.17, 15) is 8.42 Å². The molecule has 0 aliphatic rings. The molecular formula is C5H4N6O2S. The number of hydrogen-bond acceptors (Lipinski definition) is 6. The van der Waals surface area contributed by atoms with Crippen molar-refractivity contribution in [2.75, 3.05) is 5.73 Å². The predicted molar refractivity (Wildman–Crippen MR) is 44.6 cm³/mol. The van der Waals surface area contributed by atoms with Gasteiger partial charge in [-0.1, -0.05) is 0 Å². The van der Waals surface area contributed by atoms with E-state index >= 15 is 0 Å². The van der Waals surface area contributed by atoms with Crippen molar-refractivity contribution >= 4 is 16.0 Å². The monoisotopic (exact) mass is 212 g/mol. The number of nitrogens with zero attached hydrogens (tertiary/aromatic N) is 4. The molecule has 0 atom stereocenters. The van der Waals surface area contributed by atoms with Gasteiger partial charge >= 0.3 is 10.2 Å². The summed E-state index contributed by atoms with van der Waals surface area (Å²) in [7, 11) is -4.18. The van der Waals surface area contributed by atoms with E-state index in [1.54, 1.807) is 6.07 Å². The van der Waals surface area contributed by atoms with E-state index in [-0.39, 0.29) is 15.3 Å². The average molecular weight is 212 g/mol. The highest BCUT2D eigenvalue weighted by molar-refractivity contribution is 7.87. The Hall–Kier alpha value is -2.10. The van der Waals surface area contributed by atoms with Gasteiger partial charge in [0.25, 0.3) is 0 Å². The second kappa shape index (κ2) is 2.99. The van der Waals surface area contributed by atoms with Gasteiger partial charge in [-0.2, -0.15) is 18.9 Å². The van der Waals surface area contributed by atoms with E-state index in [1.165, 1.54) is 6.07 Å². The van der Waals surface area contributed by atoms with Gasteiger partial charge in [0.05, 0.1) is 0 Å². The summed E-state index contributed by atoms with van der Waals surface area (Å²) in [6.45, 7) is 0. The number of aromatic nitrogens is 2. The zero-order valence-electron chi connectivity index (χ0n) is 6.67. The molecule has 0 amide bonds. The Morgan fingerprint density at radius 3 is 2.21 bits per heavy atom. The van der Waals surface area contributed by atoms with Gasteiger partial charge in [-0.15, -0.1) is 9.19 Å². The van der Waals surface area contributed by atoms with Gasteiger partial charge in [-0.25, -0.2) is 5.14 Å². The summed E-state index contributed by atoms with van der Waals surface area (Å²) in [4.78, 5) is 0. The van der Waals surface area contributed by atoms with Crippen molar-refractivity contribution in [3.8, 4) is 12.1 Å². The molecule has 1 rings (SSSR count). The number of anilines is 1. The number of hydrogen-bond donors (Lipinski definition) is 2. The van der Waals surface area contributed by atoms with Gasteiger partial charge < -0.3 is 5.73 Å². The van der Waals surface area contributed by atoms with Crippen LogP contribution in [0.25, 0.3) is 0 Å². The topological polar surface area (TPSA) is 152 Å². The van der Waals surface area contributed by atoms with Crippen LogP contribution in [0.3, 0.4) is 0 Å². The molecule has 0 fully saturated rings. The van der Waals surface area contributed by atoms with Gasteiger partial charge in [0.15, 0.2) is 11.5 Å². The quantitative estimate of drug-likeness (QED) is 0.563. The summed E-state index contributed by atoms with van der Waals surface area (Å²) < 4.78 is 21.9. The second-order valence-corrected chi connectivity index (χ2v) is 3.60. The third kappa shape index (κ3) is 1.37. The number of nitrogens with two attached hydrogens (primary N) is 2. The number of nitriles is 2. The molecule has 14 heavy (non-hydrogen) atoms. The van der Waals surface area contributed by atoms with Crippen molar-refractivity contribution in [2.24, 2.45) is 5.14 Å². The lowest BCUT2D eigenvalue weighted by Crippen LogP contribution is -2.24. The minimum Gasteiger partial charge on any atom is -0.382 e. The van der Waals surface area contributed by atoms with Crippen LogP contribution in [-0.4, -0.2) is 17.6 Å². The van der Waals surface area contributed by atoms with E-state index in [2.05, 4.69) is 5.10 Å². The average Bonchev–Trinajstić information content (AvgIpc) is 2.40. The first-order chi connectivity index (χ1) is 6.41. The molecule has 0 unspecified atom stereocenters. The summed E-state index contributed by atoms with van der Waals surface area (Å²) in [5.74, 6) is -0.466. The molecule has 9 heteroatoms. The zero-order chi connectivity index (χ0) is 10.9. The van der Waals surface area contributed by atoms with Gasteiger partial charge in [-0.3, -0.25) is 0 Å². The summed E-state index contributed by atoms with van der Waals surface area (Å²) in [5, 5.41) is 25.0. The van der Waals surface area contributed by atoms with Crippen LogP contribution in [-0.2, 0) is 10.2 Å². The molecule has 8 nitrogen and oxygen atoms in total. The molecule has 0 saturated heterocycles. The molecular weight excluding hydrogens is 208 g/mol. The highest BCUT2D eigenvalue weighted by Gasteiger charge is 2.20. The summed E-state index contributed by atoms with van der Waals surface area (Å²) in [6.07, 6.45) is 0. The number of nitrogen functional groups attached to an aromatic ring is 1. The first kappa shape index (κ1) is 9.98.